The minimum Gasteiger partial charge on any atom is -0.457 e. The first-order chi connectivity index (χ1) is 17.4. The van der Waals surface area contributed by atoms with E-state index in [-0.39, 0.29) is 17.6 Å². The SMILES string of the molecule is Cc1ccc(N=C2S/C(=C/c3ccc(-c4ccc(C)c([N+](=O)[O-])c4)o3)C(=O)N2C2CCCCC2)cc1. The molecule has 0 spiro atoms. The number of nitrogens with zero attached hydrogens (tertiary/aromatic N) is 3. The first-order valence-corrected chi connectivity index (χ1v) is 12.9. The standard InChI is InChI=1S/C28H27N3O4S/c1-18-8-12-21(13-9-18)29-28-30(22-6-4-3-5-7-22)27(32)26(36-28)17-23-14-15-25(35-23)20-11-10-19(2)24(16-20)31(33)34/h8-17,22H,3-7H2,1-2H3/b26-17+,29-28?. The molecule has 3 aromatic rings. The van der Waals surface area contributed by atoms with E-state index in [0.29, 0.717) is 32.7 Å². The van der Waals surface area contributed by atoms with Crippen molar-refractivity contribution in [3.63, 3.8) is 0 Å². The van der Waals surface area contributed by atoms with Crippen LogP contribution in [0.15, 0.2) is 68.9 Å². The fraction of sp³-hybridized carbons (Fsp3) is 0.286. The van der Waals surface area contributed by atoms with E-state index in [1.165, 1.54) is 24.2 Å². The fourth-order valence-electron chi connectivity index (χ4n) is 4.63. The number of hydrogen-bond donors (Lipinski definition) is 0. The lowest BCUT2D eigenvalue weighted by atomic mass is 9.94. The highest BCUT2D eigenvalue weighted by atomic mass is 32.2. The van der Waals surface area contributed by atoms with Crippen molar-refractivity contribution in [2.45, 2.75) is 52.0 Å². The lowest BCUT2D eigenvalue weighted by Crippen LogP contribution is -2.40. The molecule has 8 heteroatoms. The van der Waals surface area contributed by atoms with E-state index >= 15 is 0 Å². The number of aliphatic imine (C=N–C) groups is 1. The summed E-state index contributed by atoms with van der Waals surface area (Å²) in [6.45, 7) is 3.74. The van der Waals surface area contributed by atoms with Gasteiger partial charge in [-0.3, -0.25) is 19.8 Å². The third-order valence-electron chi connectivity index (χ3n) is 6.63. The number of nitro benzene ring substituents is 1. The Balaban J connectivity index is 1.45. The molecular formula is C28H27N3O4S. The number of amides is 1. The zero-order chi connectivity index (χ0) is 25.2. The molecule has 36 heavy (non-hydrogen) atoms. The third kappa shape index (κ3) is 4.99. The van der Waals surface area contributed by atoms with Crippen molar-refractivity contribution < 1.29 is 14.1 Å². The molecule has 2 aromatic carbocycles. The van der Waals surface area contributed by atoms with Gasteiger partial charge in [-0.1, -0.05) is 49.1 Å². The van der Waals surface area contributed by atoms with Crippen LogP contribution < -0.4 is 0 Å². The van der Waals surface area contributed by atoms with Gasteiger partial charge in [0.1, 0.15) is 11.5 Å². The van der Waals surface area contributed by atoms with Gasteiger partial charge in [0, 0.05) is 29.3 Å². The van der Waals surface area contributed by atoms with Crippen LogP contribution in [0, 0.1) is 24.0 Å². The molecule has 0 atom stereocenters. The second-order valence-electron chi connectivity index (χ2n) is 9.27. The number of carbonyl (C=O) groups is 1. The molecule has 0 unspecified atom stereocenters. The van der Waals surface area contributed by atoms with E-state index in [2.05, 4.69) is 0 Å². The molecule has 0 radical (unpaired) electrons. The Kier molecular flexibility index (Phi) is 6.78. The van der Waals surface area contributed by atoms with Crippen LogP contribution in [0.2, 0.25) is 0 Å². The number of amidine groups is 1. The first kappa shape index (κ1) is 24.1. The number of furan rings is 1. The molecule has 0 bridgehead atoms. The summed E-state index contributed by atoms with van der Waals surface area (Å²) >= 11 is 1.37. The van der Waals surface area contributed by atoms with Crippen LogP contribution in [0.4, 0.5) is 11.4 Å². The largest absolute Gasteiger partial charge is 0.457 e. The molecule has 1 aliphatic heterocycles. The number of thioether (sulfide) groups is 1. The van der Waals surface area contributed by atoms with E-state index < -0.39 is 4.92 Å². The van der Waals surface area contributed by atoms with Crippen LogP contribution in [0.25, 0.3) is 17.4 Å². The molecule has 2 heterocycles. The quantitative estimate of drug-likeness (QED) is 0.206. The number of benzene rings is 2. The summed E-state index contributed by atoms with van der Waals surface area (Å²) in [5, 5.41) is 12.0. The van der Waals surface area contributed by atoms with Crippen LogP contribution in [0.1, 0.15) is 49.0 Å². The highest BCUT2D eigenvalue weighted by Gasteiger charge is 2.38. The van der Waals surface area contributed by atoms with Crippen molar-refractivity contribution >= 4 is 40.3 Å². The summed E-state index contributed by atoms with van der Waals surface area (Å²) < 4.78 is 5.98. The average Bonchev–Trinajstić information content (AvgIpc) is 3.46. The molecule has 1 saturated heterocycles. The first-order valence-electron chi connectivity index (χ1n) is 12.1. The van der Waals surface area contributed by atoms with Gasteiger partial charge in [0.15, 0.2) is 5.17 Å². The minimum absolute atomic E-state index is 0.0467. The van der Waals surface area contributed by atoms with Crippen molar-refractivity contribution in [1.82, 2.24) is 4.90 Å². The van der Waals surface area contributed by atoms with Crippen molar-refractivity contribution in [2.24, 2.45) is 4.99 Å². The molecule has 7 nitrogen and oxygen atoms in total. The summed E-state index contributed by atoms with van der Waals surface area (Å²) in [4.78, 5) is 31.7. The van der Waals surface area contributed by atoms with Gasteiger partial charge < -0.3 is 4.42 Å². The zero-order valence-corrected chi connectivity index (χ0v) is 21.1. The zero-order valence-electron chi connectivity index (χ0n) is 20.3. The molecular weight excluding hydrogens is 474 g/mol. The van der Waals surface area contributed by atoms with E-state index in [1.54, 1.807) is 37.3 Å². The monoisotopic (exact) mass is 501 g/mol. The van der Waals surface area contributed by atoms with Gasteiger partial charge in [-0.2, -0.15) is 0 Å². The van der Waals surface area contributed by atoms with Gasteiger partial charge in [-0.05, 0) is 62.7 Å². The Morgan fingerprint density at radius 2 is 1.81 bits per heavy atom. The van der Waals surface area contributed by atoms with Crippen LogP contribution >= 0.6 is 11.8 Å². The Bertz CT molecular complexity index is 1370. The summed E-state index contributed by atoms with van der Waals surface area (Å²) in [6, 6.07) is 16.7. The predicted molar refractivity (Wildman–Crippen MR) is 143 cm³/mol. The van der Waals surface area contributed by atoms with E-state index in [9.17, 15) is 14.9 Å². The predicted octanol–water partition coefficient (Wildman–Crippen LogP) is 7.41. The lowest BCUT2D eigenvalue weighted by Gasteiger charge is -2.30. The van der Waals surface area contributed by atoms with Gasteiger partial charge in [0.25, 0.3) is 11.6 Å². The number of rotatable bonds is 5. The molecule has 5 rings (SSSR count). The van der Waals surface area contributed by atoms with Crippen LogP contribution in [0.3, 0.4) is 0 Å². The maximum absolute atomic E-state index is 13.5. The summed E-state index contributed by atoms with van der Waals surface area (Å²) in [5.41, 5.74) is 3.23. The van der Waals surface area contributed by atoms with Crippen molar-refractivity contribution in [1.29, 1.82) is 0 Å². The highest BCUT2D eigenvalue weighted by Crippen LogP contribution is 2.39. The van der Waals surface area contributed by atoms with Crippen molar-refractivity contribution in [3.05, 3.63) is 86.5 Å². The Hall–Kier alpha value is -3.65. The van der Waals surface area contributed by atoms with Gasteiger partial charge in [0.05, 0.1) is 15.5 Å². The summed E-state index contributed by atoms with van der Waals surface area (Å²) in [6.07, 6.45) is 7.12. The number of aryl methyl sites for hydroxylation is 2. The molecule has 184 valence electrons. The third-order valence-corrected chi connectivity index (χ3v) is 7.61. The number of nitro groups is 1. The summed E-state index contributed by atoms with van der Waals surface area (Å²) in [7, 11) is 0. The molecule has 1 aromatic heterocycles. The van der Waals surface area contributed by atoms with Gasteiger partial charge >= 0.3 is 0 Å². The maximum Gasteiger partial charge on any atom is 0.273 e. The Morgan fingerprint density at radius 1 is 1.06 bits per heavy atom. The van der Waals surface area contributed by atoms with Gasteiger partial charge in [0.2, 0.25) is 0 Å². The summed E-state index contributed by atoms with van der Waals surface area (Å²) in [5.74, 6) is 0.976. The molecule has 1 saturated carbocycles. The Morgan fingerprint density at radius 3 is 2.53 bits per heavy atom. The van der Waals surface area contributed by atoms with E-state index in [1.807, 2.05) is 36.1 Å². The minimum atomic E-state index is -0.396. The molecule has 1 amide bonds. The van der Waals surface area contributed by atoms with Crippen LogP contribution in [0.5, 0.6) is 0 Å². The highest BCUT2D eigenvalue weighted by molar-refractivity contribution is 8.18. The normalized spacial score (nSPS) is 18.9. The number of hydrogen-bond acceptors (Lipinski definition) is 6. The molecule has 1 aliphatic carbocycles. The second kappa shape index (κ2) is 10.1. The fourth-order valence-corrected chi connectivity index (χ4v) is 5.67. The molecule has 2 fully saturated rings. The molecule has 2 aliphatic rings. The van der Waals surface area contributed by atoms with Gasteiger partial charge in [-0.25, -0.2) is 4.99 Å². The second-order valence-corrected chi connectivity index (χ2v) is 10.3. The smallest absolute Gasteiger partial charge is 0.273 e. The van der Waals surface area contributed by atoms with Crippen molar-refractivity contribution in [2.75, 3.05) is 0 Å². The topological polar surface area (TPSA) is 89.0 Å². The average molecular weight is 502 g/mol. The van der Waals surface area contributed by atoms with Crippen LogP contribution in [-0.2, 0) is 4.79 Å². The van der Waals surface area contributed by atoms with Crippen LogP contribution in [-0.4, -0.2) is 26.9 Å². The van der Waals surface area contributed by atoms with Crippen molar-refractivity contribution in [3.8, 4) is 11.3 Å². The van der Waals surface area contributed by atoms with Gasteiger partial charge in [-0.15, -0.1) is 0 Å². The Labute approximate surface area is 214 Å². The molecule has 0 N–H and O–H groups in total. The number of carbonyl (C=O) groups excluding carboxylic acids is 1. The lowest BCUT2D eigenvalue weighted by molar-refractivity contribution is -0.385. The maximum atomic E-state index is 13.5. The van der Waals surface area contributed by atoms with E-state index in [4.69, 9.17) is 9.41 Å². The van der Waals surface area contributed by atoms with E-state index in [0.717, 1.165) is 36.9 Å².